The number of anilines is 1. The molecule has 6 nitrogen and oxygen atoms in total. The fourth-order valence-electron chi connectivity index (χ4n) is 4.34. The number of nitrogens with zero attached hydrogens (tertiary/aromatic N) is 4. The van der Waals surface area contributed by atoms with Crippen LogP contribution in [0.4, 0.5) is 5.82 Å². The quantitative estimate of drug-likeness (QED) is 0.428. The third kappa shape index (κ3) is 3.93. The lowest BCUT2D eigenvalue weighted by Gasteiger charge is -2.37. The van der Waals surface area contributed by atoms with E-state index in [0.29, 0.717) is 17.7 Å². The van der Waals surface area contributed by atoms with Crippen LogP contribution in [0.5, 0.6) is 0 Å². The van der Waals surface area contributed by atoms with E-state index >= 15 is 0 Å². The van der Waals surface area contributed by atoms with Gasteiger partial charge in [-0.15, -0.1) is 11.3 Å². The normalized spacial score (nSPS) is 19.3. The second kappa shape index (κ2) is 8.34. The molecule has 0 aliphatic heterocycles. The summed E-state index contributed by atoms with van der Waals surface area (Å²) in [5, 5.41) is 4.62. The number of H-pyrrole nitrogens is 1. The van der Waals surface area contributed by atoms with Gasteiger partial charge in [-0.2, -0.15) is 0 Å². The van der Waals surface area contributed by atoms with Crippen molar-refractivity contribution in [1.82, 2.24) is 19.9 Å². The van der Waals surface area contributed by atoms with E-state index in [1.807, 2.05) is 29.9 Å². The van der Waals surface area contributed by atoms with Gasteiger partial charge in [0.25, 0.3) is 0 Å². The van der Waals surface area contributed by atoms with Crippen molar-refractivity contribution in [3.8, 4) is 11.1 Å². The summed E-state index contributed by atoms with van der Waals surface area (Å²) in [6.45, 7) is 0.706. The number of thiazole rings is 1. The fraction of sp³-hybridized carbons (Fsp3) is 0.318. The molecular weight excluding hydrogens is 416 g/mol. The highest BCUT2D eigenvalue weighted by atomic mass is 35.5. The van der Waals surface area contributed by atoms with Crippen LogP contribution in [-0.2, 0) is 6.54 Å². The van der Waals surface area contributed by atoms with Gasteiger partial charge < -0.3 is 15.6 Å². The highest BCUT2D eigenvalue weighted by molar-refractivity contribution is 7.09. The van der Waals surface area contributed by atoms with Gasteiger partial charge in [-0.05, 0) is 55.5 Å². The smallest absolute Gasteiger partial charge is 0.137 e. The Morgan fingerprint density at radius 2 is 2.17 bits per heavy atom. The molecule has 0 radical (unpaired) electrons. The minimum absolute atomic E-state index is 0.223. The molecule has 0 bridgehead atoms. The maximum atomic E-state index is 6.51. The molecule has 1 aliphatic rings. The molecule has 2 atom stereocenters. The number of hydrogen-bond acceptors (Lipinski definition) is 6. The summed E-state index contributed by atoms with van der Waals surface area (Å²) in [5.74, 6) is 0.866. The van der Waals surface area contributed by atoms with Gasteiger partial charge in [0, 0.05) is 47.0 Å². The fourth-order valence-corrected chi connectivity index (χ4v) is 5.16. The molecule has 8 heteroatoms. The Kier molecular flexibility index (Phi) is 5.41. The highest BCUT2D eigenvalue weighted by Gasteiger charge is 2.27. The zero-order chi connectivity index (χ0) is 20.5. The van der Waals surface area contributed by atoms with Gasteiger partial charge in [0.05, 0.1) is 6.54 Å². The lowest BCUT2D eigenvalue weighted by Crippen LogP contribution is -2.42. The molecule has 0 aromatic carbocycles. The van der Waals surface area contributed by atoms with Crippen LogP contribution >= 0.6 is 22.9 Å². The molecule has 1 aliphatic carbocycles. The molecule has 0 amide bonds. The zero-order valence-electron chi connectivity index (χ0n) is 16.5. The number of rotatable bonds is 5. The lowest BCUT2D eigenvalue weighted by atomic mass is 9.90. The zero-order valence-corrected chi connectivity index (χ0v) is 18.0. The Bertz CT molecular complexity index is 1140. The van der Waals surface area contributed by atoms with E-state index < -0.39 is 0 Å². The lowest BCUT2D eigenvalue weighted by molar-refractivity contribution is 0.370. The van der Waals surface area contributed by atoms with E-state index in [2.05, 4.69) is 32.0 Å². The van der Waals surface area contributed by atoms with Gasteiger partial charge in [-0.25, -0.2) is 15.0 Å². The number of halogens is 1. The second-order valence-electron chi connectivity index (χ2n) is 7.77. The summed E-state index contributed by atoms with van der Waals surface area (Å²) in [6.07, 6.45) is 9.87. The Morgan fingerprint density at radius 1 is 1.23 bits per heavy atom. The number of aromatic amines is 1. The third-order valence-corrected chi connectivity index (χ3v) is 6.71. The van der Waals surface area contributed by atoms with Crippen molar-refractivity contribution < 1.29 is 0 Å². The number of fused-ring (bicyclic) bond motifs is 1. The molecule has 30 heavy (non-hydrogen) atoms. The Labute approximate surface area is 184 Å². The van der Waals surface area contributed by atoms with E-state index in [0.717, 1.165) is 58.7 Å². The van der Waals surface area contributed by atoms with Crippen molar-refractivity contribution in [2.24, 2.45) is 5.73 Å². The van der Waals surface area contributed by atoms with Crippen LogP contribution in [0.1, 0.15) is 30.7 Å². The largest absolute Gasteiger partial charge is 0.347 e. The summed E-state index contributed by atoms with van der Waals surface area (Å²) < 4.78 is 0. The van der Waals surface area contributed by atoms with Gasteiger partial charge >= 0.3 is 0 Å². The van der Waals surface area contributed by atoms with E-state index in [1.54, 1.807) is 17.5 Å². The van der Waals surface area contributed by atoms with Crippen molar-refractivity contribution >= 4 is 39.8 Å². The maximum Gasteiger partial charge on any atom is 0.137 e. The van der Waals surface area contributed by atoms with Crippen molar-refractivity contribution in [3.63, 3.8) is 0 Å². The average Bonchev–Trinajstić information content (AvgIpc) is 3.41. The summed E-state index contributed by atoms with van der Waals surface area (Å²) in [7, 11) is 0. The van der Waals surface area contributed by atoms with Crippen molar-refractivity contribution in [2.75, 3.05) is 4.90 Å². The van der Waals surface area contributed by atoms with Crippen LogP contribution in [0, 0.1) is 0 Å². The molecule has 1 saturated carbocycles. The Balaban J connectivity index is 1.57. The number of aromatic nitrogens is 4. The van der Waals surface area contributed by atoms with Crippen LogP contribution < -0.4 is 10.6 Å². The molecule has 1 fully saturated rings. The van der Waals surface area contributed by atoms with E-state index in [-0.39, 0.29) is 6.04 Å². The van der Waals surface area contributed by atoms with Crippen molar-refractivity contribution in [2.45, 2.75) is 44.3 Å². The van der Waals surface area contributed by atoms with Crippen LogP contribution in [-0.4, -0.2) is 32.0 Å². The first-order chi connectivity index (χ1) is 14.7. The third-order valence-electron chi connectivity index (χ3n) is 5.75. The monoisotopic (exact) mass is 438 g/mol. The summed E-state index contributed by atoms with van der Waals surface area (Å²) in [6, 6.07) is 8.59. The standard InChI is InChI=1S/C22H23ClN6S/c23-19-9-14(18-12-27-22-17(18)5-2-6-26-22)10-20(28-19)29(13-21-25-7-8-30-21)16-4-1-3-15(24)11-16/h2,5-10,12,15-16H,1,3-4,11,13,24H2,(H,26,27). The first-order valence-electron chi connectivity index (χ1n) is 10.2. The number of hydrogen-bond donors (Lipinski definition) is 2. The predicted molar refractivity (Wildman–Crippen MR) is 123 cm³/mol. The predicted octanol–water partition coefficient (Wildman–Crippen LogP) is 5.01. The number of pyridine rings is 2. The summed E-state index contributed by atoms with van der Waals surface area (Å²) in [5.41, 5.74) is 9.27. The number of nitrogens with two attached hydrogens (primary N) is 1. The van der Waals surface area contributed by atoms with Crippen LogP contribution in [0.25, 0.3) is 22.2 Å². The Hall–Kier alpha value is -2.48. The molecule has 0 spiro atoms. The van der Waals surface area contributed by atoms with Gasteiger partial charge in [-0.1, -0.05) is 11.6 Å². The first-order valence-corrected chi connectivity index (χ1v) is 11.4. The molecule has 5 rings (SSSR count). The van der Waals surface area contributed by atoms with Crippen molar-refractivity contribution in [1.29, 1.82) is 0 Å². The van der Waals surface area contributed by atoms with Crippen LogP contribution in [0.15, 0.2) is 48.2 Å². The molecular formula is C22H23ClN6S. The minimum Gasteiger partial charge on any atom is -0.347 e. The van der Waals surface area contributed by atoms with Crippen LogP contribution in [0.2, 0.25) is 5.15 Å². The highest BCUT2D eigenvalue weighted by Crippen LogP contribution is 2.34. The van der Waals surface area contributed by atoms with Gasteiger partial charge in [0.15, 0.2) is 0 Å². The molecule has 4 aromatic heterocycles. The first kappa shape index (κ1) is 19.5. The molecule has 0 saturated heterocycles. The molecule has 154 valence electrons. The molecule has 3 N–H and O–H groups in total. The minimum atomic E-state index is 0.223. The molecule has 2 unspecified atom stereocenters. The maximum absolute atomic E-state index is 6.51. The number of nitrogens with one attached hydrogen (secondary N) is 1. The summed E-state index contributed by atoms with van der Waals surface area (Å²) >= 11 is 8.17. The average molecular weight is 439 g/mol. The van der Waals surface area contributed by atoms with Gasteiger partial charge in [0.1, 0.15) is 21.6 Å². The van der Waals surface area contributed by atoms with Crippen LogP contribution in [0.3, 0.4) is 0 Å². The second-order valence-corrected chi connectivity index (χ2v) is 9.14. The summed E-state index contributed by atoms with van der Waals surface area (Å²) in [4.78, 5) is 19.2. The van der Waals surface area contributed by atoms with E-state index in [1.165, 1.54) is 0 Å². The SMILES string of the molecule is NC1CCCC(N(Cc2nccs2)c2cc(-c3c[nH]c4ncccc34)cc(Cl)n2)C1. The van der Waals surface area contributed by atoms with E-state index in [9.17, 15) is 0 Å². The Morgan fingerprint density at radius 3 is 3.00 bits per heavy atom. The van der Waals surface area contributed by atoms with Crippen molar-refractivity contribution in [3.05, 3.63) is 58.4 Å². The molecule has 4 heterocycles. The molecule has 4 aromatic rings. The van der Waals surface area contributed by atoms with Gasteiger partial charge in [0.2, 0.25) is 0 Å². The van der Waals surface area contributed by atoms with E-state index in [4.69, 9.17) is 22.3 Å². The van der Waals surface area contributed by atoms with Gasteiger partial charge in [-0.3, -0.25) is 0 Å². The topological polar surface area (TPSA) is 83.7 Å².